The van der Waals surface area contributed by atoms with Crippen LogP contribution in [0.1, 0.15) is 18.1 Å². The van der Waals surface area contributed by atoms with Gasteiger partial charge in [0.1, 0.15) is 0 Å². The summed E-state index contributed by atoms with van der Waals surface area (Å²) in [6, 6.07) is 2.33. The number of alkyl halides is 3. The number of nitrogens with one attached hydrogen (secondary N) is 1. The molecule has 1 nitrogen and oxygen atoms in total. The molecule has 0 saturated heterocycles. The van der Waals surface area contributed by atoms with Gasteiger partial charge in [-0.25, -0.2) is 0 Å². The third-order valence-corrected chi connectivity index (χ3v) is 2.78. The quantitative estimate of drug-likeness (QED) is 0.723. The van der Waals surface area contributed by atoms with Gasteiger partial charge in [-0.15, -0.1) is 0 Å². The number of hydrogen-bond acceptors (Lipinski definition) is 1. The van der Waals surface area contributed by atoms with Crippen molar-refractivity contribution in [2.24, 2.45) is 0 Å². The predicted octanol–water partition coefficient (Wildman–Crippen LogP) is 3.72. The van der Waals surface area contributed by atoms with E-state index >= 15 is 0 Å². The Hall–Kier alpha value is -0.900. The van der Waals surface area contributed by atoms with Crippen LogP contribution in [0, 0.1) is 0 Å². The highest BCUT2D eigenvalue weighted by Gasteiger charge is 2.37. The first kappa shape index (κ1) is 10.6. The Kier molecular flexibility index (Phi) is 2.34. The number of fused-ring (bicyclic) bond motifs is 1. The fourth-order valence-electron chi connectivity index (χ4n) is 1.86. The highest BCUT2D eigenvalue weighted by Crippen LogP contribution is 2.41. The molecule has 0 saturated carbocycles. The van der Waals surface area contributed by atoms with E-state index in [1.807, 2.05) is 6.92 Å². The minimum absolute atomic E-state index is 0.000926. The average Bonchev–Trinajstić information content (AvgIpc) is 2.45. The Morgan fingerprint density at radius 1 is 1.40 bits per heavy atom. The molecule has 1 aliphatic heterocycles. The highest BCUT2D eigenvalue weighted by molar-refractivity contribution is 6.33. The summed E-state index contributed by atoms with van der Waals surface area (Å²) in [6.45, 7) is 1.83. The van der Waals surface area contributed by atoms with Gasteiger partial charge in [-0.2, -0.15) is 13.2 Å². The molecule has 1 aliphatic rings. The molecule has 0 aromatic heterocycles. The van der Waals surface area contributed by atoms with Crippen molar-refractivity contribution in [1.82, 2.24) is 0 Å². The summed E-state index contributed by atoms with van der Waals surface area (Å²) in [7, 11) is 0. The molecule has 1 unspecified atom stereocenters. The predicted molar refractivity (Wildman–Crippen MR) is 53.2 cm³/mol. The normalized spacial score (nSPS) is 19.9. The van der Waals surface area contributed by atoms with Gasteiger partial charge in [-0.3, -0.25) is 0 Å². The van der Waals surface area contributed by atoms with Crippen LogP contribution in [0.5, 0.6) is 0 Å². The van der Waals surface area contributed by atoms with Crippen molar-refractivity contribution in [3.05, 3.63) is 28.3 Å². The standard InChI is InChI=1S/C10H9ClF3N/c1-5-4-6-7(10(12,13)14)2-3-8(11)9(6)15-5/h2-3,5,15H,4H2,1H3. The Bertz CT molecular complexity index is 400. The molecular formula is C10H9ClF3N. The Labute approximate surface area is 90.2 Å². The van der Waals surface area contributed by atoms with Gasteiger partial charge in [-0.05, 0) is 31.0 Å². The summed E-state index contributed by atoms with van der Waals surface area (Å²) in [5, 5.41) is 3.30. The van der Waals surface area contributed by atoms with Crippen LogP contribution in [0.15, 0.2) is 12.1 Å². The van der Waals surface area contributed by atoms with Gasteiger partial charge in [0.2, 0.25) is 0 Å². The number of rotatable bonds is 0. The molecule has 1 aromatic rings. The van der Waals surface area contributed by atoms with E-state index < -0.39 is 11.7 Å². The summed E-state index contributed by atoms with van der Waals surface area (Å²) < 4.78 is 37.9. The van der Waals surface area contributed by atoms with Crippen LogP contribution in [0.3, 0.4) is 0 Å². The highest BCUT2D eigenvalue weighted by atomic mass is 35.5. The number of halogens is 4. The van der Waals surface area contributed by atoms with Crippen LogP contribution < -0.4 is 5.32 Å². The van der Waals surface area contributed by atoms with E-state index in [4.69, 9.17) is 11.6 Å². The lowest BCUT2D eigenvalue weighted by Gasteiger charge is -2.12. The van der Waals surface area contributed by atoms with Crippen LogP contribution in [0.4, 0.5) is 18.9 Å². The van der Waals surface area contributed by atoms with Crippen molar-refractivity contribution < 1.29 is 13.2 Å². The molecule has 0 radical (unpaired) electrons. The van der Waals surface area contributed by atoms with Gasteiger partial charge in [0, 0.05) is 6.04 Å². The van der Waals surface area contributed by atoms with E-state index in [9.17, 15) is 13.2 Å². The summed E-state index contributed by atoms with van der Waals surface area (Å²) >= 11 is 5.83. The van der Waals surface area contributed by atoms with Crippen molar-refractivity contribution >= 4 is 17.3 Å². The molecule has 1 atom stereocenters. The molecular weight excluding hydrogens is 227 g/mol. The zero-order valence-corrected chi connectivity index (χ0v) is 8.71. The second kappa shape index (κ2) is 3.30. The molecule has 1 heterocycles. The molecule has 15 heavy (non-hydrogen) atoms. The fraction of sp³-hybridized carbons (Fsp3) is 0.400. The van der Waals surface area contributed by atoms with Gasteiger partial charge in [0.05, 0.1) is 16.3 Å². The molecule has 82 valence electrons. The van der Waals surface area contributed by atoms with Crippen LogP contribution in [0.25, 0.3) is 0 Å². The van der Waals surface area contributed by atoms with Crippen LogP contribution in [-0.2, 0) is 12.6 Å². The summed E-state index contributed by atoms with van der Waals surface area (Å²) in [6.07, 6.45) is -3.94. The zero-order chi connectivity index (χ0) is 11.2. The molecule has 1 aromatic carbocycles. The fourth-order valence-corrected chi connectivity index (χ4v) is 2.09. The summed E-state index contributed by atoms with van der Waals surface area (Å²) in [5.74, 6) is 0. The van der Waals surface area contributed by atoms with Gasteiger partial charge < -0.3 is 5.32 Å². The maximum atomic E-state index is 12.6. The second-order valence-electron chi connectivity index (χ2n) is 3.70. The number of benzene rings is 1. The molecule has 0 aliphatic carbocycles. The Balaban J connectivity index is 2.58. The van der Waals surface area contributed by atoms with E-state index in [-0.39, 0.29) is 11.6 Å². The monoisotopic (exact) mass is 235 g/mol. The number of anilines is 1. The Morgan fingerprint density at radius 2 is 2.07 bits per heavy atom. The molecule has 0 bridgehead atoms. The average molecular weight is 236 g/mol. The van der Waals surface area contributed by atoms with Gasteiger partial charge >= 0.3 is 6.18 Å². The van der Waals surface area contributed by atoms with Crippen molar-refractivity contribution in [3.63, 3.8) is 0 Å². The maximum Gasteiger partial charge on any atom is 0.416 e. The third kappa shape index (κ3) is 1.78. The first-order valence-corrected chi connectivity index (χ1v) is 4.92. The van der Waals surface area contributed by atoms with Gasteiger partial charge in [0.15, 0.2) is 0 Å². The minimum Gasteiger partial charge on any atom is -0.381 e. The van der Waals surface area contributed by atoms with Crippen molar-refractivity contribution in [2.75, 3.05) is 5.32 Å². The van der Waals surface area contributed by atoms with Crippen LogP contribution in [-0.4, -0.2) is 6.04 Å². The second-order valence-corrected chi connectivity index (χ2v) is 4.10. The van der Waals surface area contributed by atoms with Crippen molar-refractivity contribution in [3.8, 4) is 0 Å². The smallest absolute Gasteiger partial charge is 0.381 e. The van der Waals surface area contributed by atoms with Crippen LogP contribution >= 0.6 is 11.6 Å². The lowest BCUT2D eigenvalue weighted by Crippen LogP contribution is -2.10. The lowest BCUT2D eigenvalue weighted by atomic mass is 10.0. The van der Waals surface area contributed by atoms with Crippen molar-refractivity contribution in [2.45, 2.75) is 25.6 Å². The van der Waals surface area contributed by atoms with E-state index in [0.717, 1.165) is 6.07 Å². The summed E-state index contributed by atoms with van der Waals surface area (Å²) in [5.41, 5.74) is 0.125. The number of hydrogen-bond donors (Lipinski definition) is 1. The van der Waals surface area contributed by atoms with E-state index in [1.165, 1.54) is 6.07 Å². The van der Waals surface area contributed by atoms with Crippen LogP contribution in [0.2, 0.25) is 5.02 Å². The largest absolute Gasteiger partial charge is 0.416 e. The first-order valence-electron chi connectivity index (χ1n) is 4.54. The SMILES string of the molecule is CC1Cc2c(C(F)(F)F)ccc(Cl)c2N1. The maximum absolute atomic E-state index is 12.6. The molecule has 1 N–H and O–H groups in total. The molecule has 0 amide bonds. The zero-order valence-electron chi connectivity index (χ0n) is 7.95. The molecule has 5 heteroatoms. The van der Waals surface area contributed by atoms with E-state index in [0.29, 0.717) is 17.1 Å². The molecule has 2 rings (SSSR count). The third-order valence-electron chi connectivity index (χ3n) is 2.47. The van der Waals surface area contributed by atoms with Crippen molar-refractivity contribution in [1.29, 1.82) is 0 Å². The van der Waals surface area contributed by atoms with Gasteiger partial charge in [-0.1, -0.05) is 11.6 Å². The van der Waals surface area contributed by atoms with E-state index in [2.05, 4.69) is 5.32 Å². The lowest BCUT2D eigenvalue weighted by molar-refractivity contribution is -0.138. The van der Waals surface area contributed by atoms with Gasteiger partial charge in [0.25, 0.3) is 0 Å². The molecule has 0 spiro atoms. The first-order chi connectivity index (χ1) is 6.89. The van der Waals surface area contributed by atoms with E-state index in [1.54, 1.807) is 0 Å². The summed E-state index contributed by atoms with van der Waals surface area (Å²) in [4.78, 5) is 0. The molecule has 0 fully saturated rings. The Morgan fingerprint density at radius 3 is 2.67 bits per heavy atom. The topological polar surface area (TPSA) is 12.0 Å². The minimum atomic E-state index is -4.31.